The molecular formula is C21H27N7O4. The quantitative estimate of drug-likeness (QED) is 0.735. The van der Waals surface area contributed by atoms with Gasteiger partial charge in [0.1, 0.15) is 5.69 Å². The van der Waals surface area contributed by atoms with E-state index in [-0.39, 0.29) is 36.6 Å². The van der Waals surface area contributed by atoms with Gasteiger partial charge in [-0.1, -0.05) is 5.16 Å². The summed E-state index contributed by atoms with van der Waals surface area (Å²) in [6.45, 7) is 2.04. The van der Waals surface area contributed by atoms with Crippen LogP contribution in [0.5, 0.6) is 0 Å². The van der Waals surface area contributed by atoms with Gasteiger partial charge in [0, 0.05) is 57.3 Å². The van der Waals surface area contributed by atoms with Gasteiger partial charge >= 0.3 is 0 Å². The lowest BCUT2D eigenvalue weighted by Crippen LogP contribution is -2.42. The van der Waals surface area contributed by atoms with Crippen molar-refractivity contribution in [1.29, 1.82) is 0 Å². The molecule has 2 aromatic heterocycles. The highest BCUT2D eigenvalue weighted by Crippen LogP contribution is 2.26. The minimum atomic E-state index is -0.119. The van der Waals surface area contributed by atoms with E-state index in [0.717, 1.165) is 19.3 Å². The number of hydrogen-bond acceptors (Lipinski definition) is 8. The summed E-state index contributed by atoms with van der Waals surface area (Å²) in [5.74, 6) is 0.601. The highest BCUT2D eigenvalue weighted by Gasteiger charge is 2.26. The Morgan fingerprint density at radius 2 is 2.03 bits per heavy atom. The third kappa shape index (κ3) is 5.45. The van der Waals surface area contributed by atoms with Crippen LogP contribution in [0.15, 0.2) is 23.1 Å². The smallest absolute Gasteiger partial charge is 0.242 e. The Morgan fingerprint density at radius 3 is 2.81 bits per heavy atom. The van der Waals surface area contributed by atoms with Crippen molar-refractivity contribution >= 4 is 17.7 Å². The van der Waals surface area contributed by atoms with Crippen LogP contribution in [-0.4, -0.2) is 80.4 Å². The van der Waals surface area contributed by atoms with Crippen molar-refractivity contribution in [2.45, 2.75) is 44.4 Å². The molecule has 2 fully saturated rings. The van der Waals surface area contributed by atoms with Crippen molar-refractivity contribution in [2.24, 2.45) is 0 Å². The lowest BCUT2D eigenvalue weighted by atomic mass is 9.99. The van der Waals surface area contributed by atoms with Crippen molar-refractivity contribution < 1.29 is 18.9 Å². The summed E-state index contributed by atoms with van der Waals surface area (Å²) in [7, 11) is 0. The van der Waals surface area contributed by atoms with Gasteiger partial charge in [0.2, 0.25) is 29.4 Å². The number of likely N-dealkylation sites (tertiary alicyclic amines) is 1. The summed E-state index contributed by atoms with van der Waals surface area (Å²) in [5, 5.41) is 6.93. The molecule has 2 saturated heterocycles. The highest BCUT2D eigenvalue weighted by molar-refractivity contribution is 5.86. The zero-order chi connectivity index (χ0) is 22.3. The van der Waals surface area contributed by atoms with Gasteiger partial charge in [-0.05, 0) is 25.7 Å². The van der Waals surface area contributed by atoms with Crippen LogP contribution >= 0.6 is 0 Å². The molecular weight excluding hydrogens is 414 g/mol. The first kappa shape index (κ1) is 21.8. The maximum atomic E-state index is 12.8. The maximum Gasteiger partial charge on any atom is 0.242 e. The van der Waals surface area contributed by atoms with Gasteiger partial charge in [-0.15, -0.1) is 0 Å². The van der Waals surface area contributed by atoms with Crippen molar-refractivity contribution in [3.8, 4) is 11.5 Å². The molecule has 0 radical (unpaired) electrons. The molecule has 0 saturated carbocycles. The van der Waals surface area contributed by atoms with E-state index in [9.17, 15) is 14.4 Å². The standard InChI is InChI=1S/C21H27N7O4/c29-17-6-12-27(19(31)14-28-11-2-4-18(28)30)10-1-3-15(5-7-24-17)21-25-20(26-32-21)16-13-22-8-9-23-16/h8-9,13,15H,1-7,10-12,14H2,(H,24,29). The SMILES string of the molecule is O=C1CCN(C(=O)CN2CCCC2=O)CCCC(c2nc(-c3cnccn3)no2)CCN1. The molecule has 1 atom stereocenters. The van der Waals surface area contributed by atoms with Crippen molar-refractivity contribution in [2.75, 3.05) is 32.7 Å². The maximum absolute atomic E-state index is 12.8. The van der Waals surface area contributed by atoms with E-state index >= 15 is 0 Å². The first-order valence-corrected chi connectivity index (χ1v) is 11.0. The molecule has 170 valence electrons. The summed E-state index contributed by atoms with van der Waals surface area (Å²) in [5.41, 5.74) is 0.528. The molecule has 1 unspecified atom stereocenters. The van der Waals surface area contributed by atoms with Crippen LogP contribution in [0, 0.1) is 0 Å². The number of nitrogens with one attached hydrogen (secondary N) is 1. The lowest BCUT2D eigenvalue weighted by Gasteiger charge is -2.25. The zero-order valence-corrected chi connectivity index (χ0v) is 17.9. The third-order valence-corrected chi connectivity index (χ3v) is 5.84. The number of carbonyl (C=O) groups is 3. The number of aromatic nitrogens is 4. The van der Waals surface area contributed by atoms with Gasteiger partial charge < -0.3 is 19.6 Å². The summed E-state index contributed by atoms with van der Waals surface area (Å²) in [6.07, 6.45) is 8.34. The predicted octanol–water partition coefficient (Wildman–Crippen LogP) is 0.751. The Kier molecular flexibility index (Phi) is 7.03. The van der Waals surface area contributed by atoms with Gasteiger partial charge in [-0.2, -0.15) is 4.98 Å². The van der Waals surface area contributed by atoms with Crippen LogP contribution in [-0.2, 0) is 14.4 Å². The number of nitrogens with zero attached hydrogens (tertiary/aromatic N) is 6. The van der Waals surface area contributed by atoms with Crippen LogP contribution in [0.25, 0.3) is 11.5 Å². The monoisotopic (exact) mass is 441 g/mol. The third-order valence-electron chi connectivity index (χ3n) is 5.84. The number of rotatable bonds is 4. The largest absolute Gasteiger partial charge is 0.356 e. The first-order valence-electron chi connectivity index (χ1n) is 11.0. The van der Waals surface area contributed by atoms with E-state index in [4.69, 9.17) is 4.52 Å². The highest BCUT2D eigenvalue weighted by atomic mass is 16.5. The Balaban J connectivity index is 1.41. The second-order valence-corrected chi connectivity index (χ2v) is 8.07. The summed E-state index contributed by atoms with van der Waals surface area (Å²) < 4.78 is 5.49. The molecule has 32 heavy (non-hydrogen) atoms. The van der Waals surface area contributed by atoms with Gasteiger partial charge in [0.05, 0.1) is 12.7 Å². The fourth-order valence-corrected chi connectivity index (χ4v) is 4.05. The van der Waals surface area contributed by atoms with Crippen molar-refractivity contribution in [3.63, 3.8) is 0 Å². The minimum absolute atomic E-state index is 0.0179. The molecule has 0 spiro atoms. The lowest BCUT2D eigenvalue weighted by molar-refractivity contribution is -0.138. The van der Waals surface area contributed by atoms with E-state index in [2.05, 4.69) is 25.4 Å². The van der Waals surface area contributed by atoms with Gasteiger partial charge in [0.15, 0.2) is 0 Å². The second kappa shape index (κ2) is 10.3. The summed E-state index contributed by atoms with van der Waals surface area (Å²) >= 11 is 0. The van der Waals surface area contributed by atoms with Crippen molar-refractivity contribution in [1.82, 2.24) is 35.2 Å². The molecule has 11 heteroatoms. The molecule has 0 bridgehead atoms. The Hall–Kier alpha value is -3.37. The molecule has 4 heterocycles. The molecule has 4 rings (SSSR count). The average Bonchev–Trinajstić information content (AvgIpc) is 3.44. The number of amides is 3. The molecule has 0 aliphatic carbocycles. The van der Waals surface area contributed by atoms with E-state index in [0.29, 0.717) is 56.4 Å². The molecule has 2 aliphatic rings. The molecule has 11 nitrogen and oxygen atoms in total. The van der Waals surface area contributed by atoms with E-state index in [1.807, 2.05) is 0 Å². The number of hydrogen-bond donors (Lipinski definition) is 1. The molecule has 0 aromatic carbocycles. The van der Waals surface area contributed by atoms with Crippen LogP contribution in [0.3, 0.4) is 0 Å². The normalized spacial score (nSPS) is 20.7. The molecule has 2 aliphatic heterocycles. The Labute approximate surface area is 185 Å². The van der Waals surface area contributed by atoms with E-state index in [1.54, 1.807) is 28.4 Å². The molecule has 1 N–H and O–H groups in total. The second-order valence-electron chi connectivity index (χ2n) is 8.07. The van der Waals surface area contributed by atoms with E-state index in [1.165, 1.54) is 0 Å². The molecule has 3 amide bonds. The zero-order valence-electron chi connectivity index (χ0n) is 17.9. The Bertz CT molecular complexity index is 949. The van der Waals surface area contributed by atoms with Gasteiger partial charge in [-0.25, -0.2) is 4.98 Å². The average molecular weight is 441 g/mol. The fourth-order valence-electron chi connectivity index (χ4n) is 4.05. The minimum Gasteiger partial charge on any atom is -0.356 e. The summed E-state index contributed by atoms with van der Waals surface area (Å²) in [6, 6.07) is 0. The van der Waals surface area contributed by atoms with Crippen molar-refractivity contribution in [3.05, 3.63) is 24.5 Å². The van der Waals surface area contributed by atoms with E-state index < -0.39 is 0 Å². The van der Waals surface area contributed by atoms with Gasteiger partial charge in [0.25, 0.3) is 0 Å². The topological polar surface area (TPSA) is 134 Å². The van der Waals surface area contributed by atoms with Gasteiger partial charge in [-0.3, -0.25) is 19.4 Å². The van der Waals surface area contributed by atoms with Crippen LogP contribution in [0.2, 0.25) is 0 Å². The Morgan fingerprint density at radius 1 is 1.12 bits per heavy atom. The predicted molar refractivity (Wildman–Crippen MR) is 112 cm³/mol. The molecule has 2 aromatic rings. The van der Waals surface area contributed by atoms with Crippen LogP contribution in [0.4, 0.5) is 0 Å². The number of carbonyl (C=O) groups excluding carboxylic acids is 3. The first-order chi connectivity index (χ1) is 15.6. The van der Waals surface area contributed by atoms with Crippen LogP contribution in [0.1, 0.15) is 50.3 Å². The fraction of sp³-hybridized carbons (Fsp3) is 0.571. The van der Waals surface area contributed by atoms with Crippen LogP contribution < -0.4 is 5.32 Å². The summed E-state index contributed by atoms with van der Waals surface area (Å²) in [4.78, 5) is 52.9.